The zero-order valence-corrected chi connectivity index (χ0v) is 20.8. The van der Waals surface area contributed by atoms with E-state index >= 15 is 0 Å². The van der Waals surface area contributed by atoms with E-state index in [4.69, 9.17) is 0 Å². The fraction of sp³-hybridized carbons (Fsp3) is 0.147. The van der Waals surface area contributed by atoms with Gasteiger partial charge in [-0.2, -0.15) is 0 Å². The van der Waals surface area contributed by atoms with Gasteiger partial charge in [-0.1, -0.05) is 98.8 Å². The number of fused-ring (bicyclic) bond motifs is 8. The fourth-order valence-electron chi connectivity index (χ4n) is 5.61. The number of pyridine rings is 1. The van der Waals surface area contributed by atoms with Gasteiger partial charge < -0.3 is 0 Å². The highest BCUT2D eigenvalue weighted by Gasteiger charge is 2.27. The molecule has 0 spiro atoms. The summed E-state index contributed by atoms with van der Waals surface area (Å²) in [5.74, 6) is 0.497. The second kappa shape index (κ2) is 8.36. The predicted octanol–water partition coefficient (Wildman–Crippen LogP) is 8.59. The summed E-state index contributed by atoms with van der Waals surface area (Å²) in [6, 6.07) is 35.8. The average Bonchev–Trinajstić information content (AvgIpc) is 2.88. The van der Waals surface area contributed by atoms with Crippen LogP contribution in [0.3, 0.4) is 0 Å². The normalized spacial score (nSPS) is 11.7. The second-order valence-electron chi connectivity index (χ2n) is 9.93. The van der Waals surface area contributed by atoms with Crippen molar-refractivity contribution in [3.8, 4) is 55.8 Å². The van der Waals surface area contributed by atoms with Crippen molar-refractivity contribution >= 4 is 0 Å². The molecule has 4 aromatic carbocycles. The molecule has 0 saturated carbocycles. The van der Waals surface area contributed by atoms with Gasteiger partial charge in [0, 0.05) is 17.2 Å². The highest BCUT2D eigenvalue weighted by atomic mass is 14.9. The van der Waals surface area contributed by atoms with Crippen molar-refractivity contribution < 1.29 is 4.57 Å². The zero-order chi connectivity index (χ0) is 24.1. The van der Waals surface area contributed by atoms with Gasteiger partial charge in [-0.3, -0.25) is 0 Å². The van der Waals surface area contributed by atoms with Crippen LogP contribution in [0.5, 0.6) is 0 Å². The van der Waals surface area contributed by atoms with Crippen LogP contribution in [0.25, 0.3) is 55.8 Å². The van der Waals surface area contributed by atoms with Gasteiger partial charge in [-0.05, 0) is 63.4 Å². The minimum Gasteiger partial charge on any atom is -0.201 e. The average molecular weight is 453 g/mol. The first-order chi connectivity index (χ1) is 17.0. The lowest BCUT2D eigenvalue weighted by Gasteiger charge is -2.25. The molecule has 35 heavy (non-hydrogen) atoms. The third-order valence-corrected chi connectivity index (χ3v) is 7.41. The van der Waals surface area contributed by atoms with Gasteiger partial charge in [0.15, 0.2) is 6.20 Å². The molecule has 0 radical (unpaired) electrons. The quantitative estimate of drug-likeness (QED) is 0.232. The van der Waals surface area contributed by atoms with Gasteiger partial charge in [0.2, 0.25) is 5.69 Å². The molecule has 1 heteroatoms. The molecule has 170 valence electrons. The van der Waals surface area contributed by atoms with Crippen molar-refractivity contribution in [3.05, 3.63) is 114 Å². The van der Waals surface area contributed by atoms with E-state index in [-0.39, 0.29) is 0 Å². The first-order valence-corrected chi connectivity index (χ1v) is 12.5. The summed E-state index contributed by atoms with van der Waals surface area (Å²) in [5, 5.41) is 0. The molecular formula is C34H30N+. The Morgan fingerprint density at radius 2 is 1.00 bits per heavy atom. The van der Waals surface area contributed by atoms with E-state index in [1.807, 2.05) is 0 Å². The van der Waals surface area contributed by atoms with Crippen LogP contribution < -0.4 is 4.57 Å². The molecule has 1 nitrogen and oxygen atoms in total. The Morgan fingerprint density at radius 3 is 1.51 bits per heavy atom. The van der Waals surface area contributed by atoms with Crippen LogP contribution in [0.4, 0.5) is 0 Å². The molecule has 0 atom stereocenters. The van der Waals surface area contributed by atoms with E-state index in [1.165, 1.54) is 66.9 Å². The van der Waals surface area contributed by atoms with Crippen LogP contribution in [0, 0.1) is 6.92 Å². The van der Waals surface area contributed by atoms with Crippen LogP contribution in [0.2, 0.25) is 0 Å². The Labute approximate surface area is 208 Å². The molecule has 1 aromatic heterocycles. The Balaban J connectivity index is 1.77. The number of aryl methyl sites for hydroxylation is 2. The summed E-state index contributed by atoms with van der Waals surface area (Å²) in [5.41, 5.74) is 15.5. The standard InChI is InChI=1S/C34H30N/c1-22(2)24-18-20-32(35(4)21-24)33-23(3)17-19-31-29-15-8-7-13-27(29)25-11-5-6-12-26(25)28-14-9-10-16-30(28)34(31)33/h5-22H,1-4H3/q+1. The van der Waals surface area contributed by atoms with E-state index < -0.39 is 0 Å². The van der Waals surface area contributed by atoms with Crippen molar-refractivity contribution in [2.75, 3.05) is 0 Å². The maximum absolute atomic E-state index is 2.32. The van der Waals surface area contributed by atoms with E-state index in [1.54, 1.807) is 0 Å². The largest absolute Gasteiger partial charge is 0.213 e. The van der Waals surface area contributed by atoms with Gasteiger partial charge in [0.25, 0.3) is 0 Å². The van der Waals surface area contributed by atoms with Gasteiger partial charge in [-0.15, -0.1) is 0 Å². The van der Waals surface area contributed by atoms with Crippen molar-refractivity contribution in [2.45, 2.75) is 26.7 Å². The molecule has 1 heterocycles. The predicted molar refractivity (Wildman–Crippen MR) is 147 cm³/mol. The Hall–Kier alpha value is -3.97. The van der Waals surface area contributed by atoms with Crippen LogP contribution in [-0.4, -0.2) is 0 Å². The summed E-state index contributed by atoms with van der Waals surface area (Å²) < 4.78 is 2.30. The summed E-state index contributed by atoms with van der Waals surface area (Å²) in [4.78, 5) is 0. The van der Waals surface area contributed by atoms with Gasteiger partial charge in [0.1, 0.15) is 7.05 Å². The minimum absolute atomic E-state index is 0.497. The molecular weight excluding hydrogens is 422 g/mol. The van der Waals surface area contributed by atoms with Crippen molar-refractivity contribution in [3.63, 3.8) is 0 Å². The zero-order valence-electron chi connectivity index (χ0n) is 20.8. The summed E-state index contributed by atoms with van der Waals surface area (Å²) >= 11 is 0. The molecule has 0 fully saturated rings. The topological polar surface area (TPSA) is 3.88 Å². The summed E-state index contributed by atoms with van der Waals surface area (Å²) in [6.45, 7) is 6.75. The molecule has 0 N–H and O–H groups in total. The SMILES string of the molecule is Cc1ccc2c(c1-c1ccc(C(C)C)c[n+]1C)-c1ccccc1-c1ccccc1-c1ccccc1-2. The molecule has 0 aliphatic heterocycles. The lowest BCUT2D eigenvalue weighted by atomic mass is 9.78. The van der Waals surface area contributed by atoms with E-state index in [0.29, 0.717) is 5.92 Å². The van der Waals surface area contributed by atoms with Gasteiger partial charge in [0.05, 0.1) is 5.56 Å². The van der Waals surface area contributed by atoms with Crippen LogP contribution in [0.15, 0.2) is 103 Å². The Morgan fingerprint density at radius 1 is 0.514 bits per heavy atom. The number of aromatic nitrogens is 1. The van der Waals surface area contributed by atoms with Gasteiger partial charge in [-0.25, -0.2) is 4.57 Å². The first-order valence-electron chi connectivity index (χ1n) is 12.5. The molecule has 0 unspecified atom stereocenters. The molecule has 0 saturated heterocycles. The number of nitrogens with zero attached hydrogens (tertiary/aromatic N) is 1. The minimum atomic E-state index is 0.497. The third-order valence-electron chi connectivity index (χ3n) is 7.41. The lowest BCUT2D eigenvalue weighted by molar-refractivity contribution is -0.660. The first kappa shape index (κ1) is 21.6. The molecule has 0 amide bonds. The number of hydrogen-bond donors (Lipinski definition) is 0. The van der Waals surface area contributed by atoms with Crippen molar-refractivity contribution in [1.29, 1.82) is 0 Å². The van der Waals surface area contributed by atoms with Crippen LogP contribution >= 0.6 is 0 Å². The monoisotopic (exact) mass is 452 g/mol. The Bertz CT molecular complexity index is 1580. The second-order valence-corrected chi connectivity index (χ2v) is 9.93. The highest BCUT2D eigenvalue weighted by molar-refractivity contribution is 6.06. The molecule has 6 rings (SSSR count). The summed E-state index contributed by atoms with van der Waals surface area (Å²) in [6.07, 6.45) is 2.29. The van der Waals surface area contributed by atoms with Crippen molar-refractivity contribution in [2.24, 2.45) is 7.05 Å². The molecule has 1 aliphatic carbocycles. The number of rotatable bonds is 2. The molecule has 0 bridgehead atoms. The van der Waals surface area contributed by atoms with Crippen LogP contribution in [-0.2, 0) is 7.05 Å². The Kier molecular flexibility index (Phi) is 5.15. The number of hydrogen-bond acceptors (Lipinski definition) is 0. The summed E-state index contributed by atoms with van der Waals surface area (Å²) in [7, 11) is 2.18. The third kappa shape index (κ3) is 3.42. The van der Waals surface area contributed by atoms with Crippen molar-refractivity contribution in [1.82, 2.24) is 0 Å². The maximum Gasteiger partial charge on any atom is 0.213 e. The smallest absolute Gasteiger partial charge is 0.201 e. The fourth-order valence-corrected chi connectivity index (χ4v) is 5.61. The highest BCUT2D eigenvalue weighted by Crippen LogP contribution is 2.50. The maximum atomic E-state index is 2.32. The van der Waals surface area contributed by atoms with E-state index in [2.05, 4.69) is 136 Å². The van der Waals surface area contributed by atoms with Crippen LogP contribution in [0.1, 0.15) is 30.9 Å². The lowest BCUT2D eigenvalue weighted by Crippen LogP contribution is -2.31. The molecule has 5 aromatic rings. The molecule has 1 aliphatic rings. The van der Waals surface area contributed by atoms with E-state index in [0.717, 1.165) is 0 Å². The van der Waals surface area contributed by atoms with E-state index in [9.17, 15) is 0 Å². The number of benzene rings is 4. The van der Waals surface area contributed by atoms with Gasteiger partial charge >= 0.3 is 0 Å².